The smallest absolute Gasteiger partial charge is 0.246 e. The van der Waals surface area contributed by atoms with Gasteiger partial charge in [0.1, 0.15) is 11.6 Å². The maximum atomic E-state index is 12.6. The Balaban J connectivity index is 2.02. The van der Waals surface area contributed by atoms with E-state index >= 15 is 0 Å². The van der Waals surface area contributed by atoms with Crippen LogP contribution in [-0.2, 0) is 19.7 Å². The van der Waals surface area contributed by atoms with Crippen molar-refractivity contribution >= 4 is 17.6 Å². The quantitative estimate of drug-likeness (QED) is 0.574. The SMILES string of the molecule is COCCNC(=O)C12CCOc3nc(C)nc(c31)NC2=O. The number of aryl methyl sites for hydroxylation is 1. The fraction of sp³-hybridized carbons (Fsp3) is 0.538. The van der Waals surface area contributed by atoms with Crippen molar-refractivity contribution in [2.75, 3.05) is 32.2 Å². The van der Waals surface area contributed by atoms with E-state index in [1.165, 1.54) is 0 Å². The lowest BCUT2D eigenvalue weighted by Crippen LogP contribution is -2.52. The Bertz CT molecular complexity index is 618. The molecule has 8 heteroatoms. The number of ether oxygens (including phenoxy) is 2. The van der Waals surface area contributed by atoms with Gasteiger partial charge in [-0.15, -0.1) is 0 Å². The second kappa shape index (κ2) is 4.96. The molecule has 0 aliphatic carbocycles. The fourth-order valence-electron chi connectivity index (χ4n) is 2.74. The van der Waals surface area contributed by atoms with Crippen molar-refractivity contribution < 1.29 is 19.1 Å². The zero-order valence-corrected chi connectivity index (χ0v) is 11.9. The summed E-state index contributed by atoms with van der Waals surface area (Å²) in [6.45, 7) is 2.68. The molecule has 0 bridgehead atoms. The summed E-state index contributed by atoms with van der Waals surface area (Å²) in [6, 6.07) is 0. The van der Waals surface area contributed by atoms with Gasteiger partial charge in [0.2, 0.25) is 17.7 Å². The van der Waals surface area contributed by atoms with Gasteiger partial charge in [-0.05, 0) is 6.92 Å². The molecule has 1 unspecified atom stereocenters. The number of aromatic nitrogens is 2. The van der Waals surface area contributed by atoms with Crippen LogP contribution in [-0.4, -0.2) is 48.7 Å². The highest BCUT2D eigenvalue weighted by molar-refractivity contribution is 6.20. The lowest BCUT2D eigenvalue weighted by atomic mass is 9.77. The molecule has 3 heterocycles. The third-order valence-corrected chi connectivity index (χ3v) is 3.73. The van der Waals surface area contributed by atoms with Gasteiger partial charge in [0, 0.05) is 20.1 Å². The van der Waals surface area contributed by atoms with Gasteiger partial charge in [0.05, 0.1) is 18.8 Å². The summed E-state index contributed by atoms with van der Waals surface area (Å²) in [7, 11) is 1.55. The van der Waals surface area contributed by atoms with Crippen LogP contribution in [0.2, 0.25) is 0 Å². The molecule has 1 atom stereocenters. The van der Waals surface area contributed by atoms with Crippen molar-refractivity contribution in [3.05, 3.63) is 11.4 Å². The first-order chi connectivity index (χ1) is 10.1. The first kappa shape index (κ1) is 13.7. The first-order valence-corrected chi connectivity index (χ1v) is 6.70. The van der Waals surface area contributed by atoms with Crippen molar-refractivity contribution in [2.24, 2.45) is 0 Å². The summed E-state index contributed by atoms with van der Waals surface area (Å²) in [5, 5.41) is 5.40. The van der Waals surface area contributed by atoms with E-state index in [0.29, 0.717) is 36.2 Å². The molecule has 0 saturated carbocycles. The third kappa shape index (κ3) is 1.94. The topological polar surface area (TPSA) is 102 Å². The maximum Gasteiger partial charge on any atom is 0.246 e. The van der Waals surface area contributed by atoms with E-state index in [-0.39, 0.29) is 24.8 Å². The summed E-state index contributed by atoms with van der Waals surface area (Å²) in [6.07, 6.45) is 0.268. The molecule has 0 spiro atoms. The molecule has 0 saturated heterocycles. The Kier molecular flexibility index (Phi) is 3.25. The Hall–Kier alpha value is -2.22. The van der Waals surface area contributed by atoms with Gasteiger partial charge < -0.3 is 20.1 Å². The Labute approximate surface area is 121 Å². The number of hydrogen-bond acceptors (Lipinski definition) is 6. The van der Waals surface area contributed by atoms with Gasteiger partial charge in [-0.3, -0.25) is 9.59 Å². The van der Waals surface area contributed by atoms with Crippen molar-refractivity contribution in [3.63, 3.8) is 0 Å². The Morgan fingerprint density at radius 1 is 1.52 bits per heavy atom. The molecule has 0 radical (unpaired) electrons. The van der Waals surface area contributed by atoms with Gasteiger partial charge in [-0.2, -0.15) is 4.98 Å². The molecular weight excluding hydrogens is 276 g/mol. The minimum Gasteiger partial charge on any atom is -0.477 e. The molecule has 0 aromatic carbocycles. The molecule has 2 aliphatic rings. The molecule has 2 amide bonds. The first-order valence-electron chi connectivity index (χ1n) is 6.70. The number of carbonyl (C=O) groups excluding carboxylic acids is 2. The molecule has 1 aromatic rings. The van der Waals surface area contributed by atoms with E-state index in [2.05, 4.69) is 20.6 Å². The molecule has 2 N–H and O–H groups in total. The van der Waals surface area contributed by atoms with Crippen LogP contribution in [0.4, 0.5) is 5.82 Å². The van der Waals surface area contributed by atoms with Crippen LogP contribution >= 0.6 is 0 Å². The van der Waals surface area contributed by atoms with E-state index < -0.39 is 5.41 Å². The normalized spacial score (nSPS) is 22.3. The fourth-order valence-corrected chi connectivity index (χ4v) is 2.74. The summed E-state index contributed by atoms with van der Waals surface area (Å²) in [5.74, 6) is 0.416. The lowest BCUT2D eigenvalue weighted by molar-refractivity contribution is -0.136. The number of amides is 2. The molecule has 8 nitrogen and oxygen atoms in total. The second-order valence-corrected chi connectivity index (χ2v) is 5.01. The summed E-state index contributed by atoms with van der Waals surface area (Å²) >= 11 is 0. The van der Waals surface area contributed by atoms with Crippen LogP contribution in [0.3, 0.4) is 0 Å². The zero-order chi connectivity index (χ0) is 15.0. The van der Waals surface area contributed by atoms with Gasteiger partial charge in [-0.25, -0.2) is 4.98 Å². The number of hydrogen-bond donors (Lipinski definition) is 2. The summed E-state index contributed by atoms with van der Waals surface area (Å²) in [5.41, 5.74) is -0.857. The second-order valence-electron chi connectivity index (χ2n) is 5.01. The number of methoxy groups -OCH3 is 1. The summed E-state index contributed by atoms with van der Waals surface area (Å²) < 4.78 is 10.4. The predicted octanol–water partition coefficient (Wildman–Crippen LogP) is -0.480. The molecule has 3 rings (SSSR count). The molecule has 2 aliphatic heterocycles. The third-order valence-electron chi connectivity index (χ3n) is 3.73. The van der Waals surface area contributed by atoms with Crippen LogP contribution in [0.1, 0.15) is 17.8 Å². The molecule has 1 aromatic heterocycles. The van der Waals surface area contributed by atoms with E-state index in [9.17, 15) is 9.59 Å². The predicted molar refractivity (Wildman–Crippen MR) is 72.1 cm³/mol. The average molecular weight is 292 g/mol. The van der Waals surface area contributed by atoms with E-state index in [1.807, 2.05) is 0 Å². The number of rotatable bonds is 4. The standard InChI is InChI=1S/C13H16N4O4/c1-7-15-9-8-10(16-7)21-5-3-13(8,12(19)17-9)11(18)14-4-6-20-2/h3-6H2,1-2H3,(H,14,18)(H,15,16,17,19). The van der Waals surface area contributed by atoms with Crippen LogP contribution in [0.5, 0.6) is 5.88 Å². The van der Waals surface area contributed by atoms with Crippen LogP contribution in [0.15, 0.2) is 0 Å². The van der Waals surface area contributed by atoms with Crippen molar-refractivity contribution in [1.29, 1.82) is 0 Å². The van der Waals surface area contributed by atoms with E-state index in [4.69, 9.17) is 9.47 Å². The summed E-state index contributed by atoms with van der Waals surface area (Å²) in [4.78, 5) is 33.4. The molecule has 112 valence electrons. The Morgan fingerprint density at radius 3 is 3.10 bits per heavy atom. The monoisotopic (exact) mass is 292 g/mol. The molecule has 21 heavy (non-hydrogen) atoms. The van der Waals surface area contributed by atoms with Crippen molar-refractivity contribution in [3.8, 4) is 5.88 Å². The lowest BCUT2D eigenvalue weighted by Gasteiger charge is -2.30. The minimum atomic E-state index is -1.30. The minimum absolute atomic E-state index is 0.258. The highest BCUT2D eigenvalue weighted by Gasteiger charge is 2.57. The number of anilines is 1. The molecular formula is C13H16N4O4. The van der Waals surface area contributed by atoms with Crippen LogP contribution in [0, 0.1) is 6.92 Å². The van der Waals surface area contributed by atoms with Crippen molar-refractivity contribution in [2.45, 2.75) is 18.8 Å². The van der Waals surface area contributed by atoms with Crippen LogP contribution in [0.25, 0.3) is 0 Å². The number of nitrogens with one attached hydrogen (secondary N) is 2. The number of nitrogens with zero attached hydrogens (tertiary/aromatic N) is 2. The van der Waals surface area contributed by atoms with Gasteiger partial charge in [-0.1, -0.05) is 0 Å². The van der Waals surface area contributed by atoms with E-state index in [0.717, 1.165) is 0 Å². The van der Waals surface area contributed by atoms with Gasteiger partial charge in [0.25, 0.3) is 0 Å². The van der Waals surface area contributed by atoms with E-state index in [1.54, 1.807) is 14.0 Å². The maximum absolute atomic E-state index is 12.6. The van der Waals surface area contributed by atoms with Crippen molar-refractivity contribution in [1.82, 2.24) is 15.3 Å². The molecule has 0 fully saturated rings. The van der Waals surface area contributed by atoms with Gasteiger partial charge in [0.15, 0.2) is 5.41 Å². The van der Waals surface area contributed by atoms with Crippen LogP contribution < -0.4 is 15.4 Å². The largest absolute Gasteiger partial charge is 0.477 e. The number of carbonyl (C=O) groups is 2. The zero-order valence-electron chi connectivity index (χ0n) is 11.9. The van der Waals surface area contributed by atoms with Gasteiger partial charge >= 0.3 is 0 Å². The highest BCUT2D eigenvalue weighted by Crippen LogP contribution is 2.46. The Morgan fingerprint density at radius 2 is 2.33 bits per heavy atom. The average Bonchev–Trinajstić information content (AvgIpc) is 2.74. The highest BCUT2D eigenvalue weighted by atomic mass is 16.5.